The fourth-order valence-electron chi connectivity index (χ4n) is 1.87. The van der Waals surface area contributed by atoms with Gasteiger partial charge in [-0.15, -0.1) is 0 Å². The molecule has 0 unspecified atom stereocenters. The van der Waals surface area contributed by atoms with Crippen molar-refractivity contribution < 1.29 is 0 Å². The highest BCUT2D eigenvalue weighted by Crippen LogP contribution is 2.22. The normalized spacial score (nSPS) is 10.1. The molecule has 0 aliphatic heterocycles. The summed E-state index contributed by atoms with van der Waals surface area (Å²) in [5, 5.41) is 3.40. The number of benzene rings is 1. The first-order valence-corrected chi connectivity index (χ1v) is 6.11. The van der Waals surface area contributed by atoms with Gasteiger partial charge in [-0.3, -0.25) is 0 Å². The van der Waals surface area contributed by atoms with Crippen LogP contribution in [0.25, 0.3) is 0 Å². The molecule has 0 saturated heterocycles. The van der Waals surface area contributed by atoms with E-state index in [4.69, 9.17) is 5.84 Å². The number of nitrogens with zero attached hydrogens (tertiary/aromatic N) is 1. The van der Waals surface area contributed by atoms with E-state index in [0.29, 0.717) is 5.82 Å². The van der Waals surface area contributed by atoms with E-state index in [9.17, 15) is 0 Å². The molecule has 0 atom stereocenters. The van der Waals surface area contributed by atoms with Crippen molar-refractivity contribution in [3.63, 3.8) is 0 Å². The molecule has 4 nitrogen and oxygen atoms in total. The zero-order valence-electron chi connectivity index (χ0n) is 10.5. The molecule has 0 amide bonds. The lowest BCUT2D eigenvalue weighted by molar-refractivity contribution is 0.923. The van der Waals surface area contributed by atoms with Gasteiger partial charge in [0.1, 0.15) is 5.82 Å². The van der Waals surface area contributed by atoms with Gasteiger partial charge in [-0.1, -0.05) is 31.5 Å². The first-order valence-electron chi connectivity index (χ1n) is 6.11. The molecule has 0 saturated carbocycles. The molecule has 1 heterocycles. The molecule has 18 heavy (non-hydrogen) atoms. The topological polar surface area (TPSA) is 63.0 Å². The van der Waals surface area contributed by atoms with Gasteiger partial charge in [-0.25, -0.2) is 10.8 Å². The number of nitrogen functional groups attached to an aromatic ring is 1. The van der Waals surface area contributed by atoms with Gasteiger partial charge in [0.05, 0.1) is 0 Å². The van der Waals surface area contributed by atoms with Gasteiger partial charge < -0.3 is 10.7 Å². The Kier molecular flexibility index (Phi) is 4.15. The Morgan fingerprint density at radius 3 is 2.83 bits per heavy atom. The molecular weight excluding hydrogens is 224 g/mol. The Balaban J connectivity index is 2.22. The van der Waals surface area contributed by atoms with Crippen molar-refractivity contribution in [1.29, 1.82) is 0 Å². The van der Waals surface area contributed by atoms with Crippen LogP contribution < -0.4 is 16.6 Å². The summed E-state index contributed by atoms with van der Waals surface area (Å²) >= 11 is 0. The number of hydrogen-bond acceptors (Lipinski definition) is 4. The van der Waals surface area contributed by atoms with Crippen LogP contribution in [0.4, 0.5) is 17.2 Å². The number of hydrogen-bond donors (Lipinski definition) is 3. The summed E-state index contributed by atoms with van der Waals surface area (Å²) in [5.41, 5.74) is 5.97. The molecule has 2 aromatic rings. The highest BCUT2D eigenvalue weighted by Gasteiger charge is 2.02. The van der Waals surface area contributed by atoms with Crippen LogP contribution in [-0.2, 0) is 6.42 Å². The van der Waals surface area contributed by atoms with Crippen LogP contribution in [-0.4, -0.2) is 4.98 Å². The Labute approximate surface area is 107 Å². The second-order valence-electron chi connectivity index (χ2n) is 4.11. The number of aromatic nitrogens is 1. The van der Waals surface area contributed by atoms with E-state index >= 15 is 0 Å². The van der Waals surface area contributed by atoms with Gasteiger partial charge in [0.2, 0.25) is 0 Å². The maximum absolute atomic E-state index is 5.35. The second kappa shape index (κ2) is 6.02. The second-order valence-corrected chi connectivity index (χ2v) is 4.11. The summed E-state index contributed by atoms with van der Waals surface area (Å²) in [7, 11) is 0. The Hall–Kier alpha value is -2.07. The maximum atomic E-state index is 5.35. The molecule has 4 N–H and O–H groups in total. The van der Waals surface area contributed by atoms with E-state index in [0.717, 1.165) is 24.2 Å². The first-order chi connectivity index (χ1) is 8.83. The quantitative estimate of drug-likeness (QED) is 0.557. The number of hydrazine groups is 1. The predicted octanol–water partition coefficient (Wildman–Crippen LogP) is 3.06. The van der Waals surface area contributed by atoms with Gasteiger partial charge in [-0.2, -0.15) is 0 Å². The molecule has 0 fully saturated rings. The van der Waals surface area contributed by atoms with Gasteiger partial charge in [-0.05, 0) is 24.1 Å². The standard InChI is InChI=1S/C14H18N4/c1-2-5-11-6-3-4-7-13(11)17-12-8-9-16-14(10-12)18-15/h3-4,6-10H,2,5,15H2,1H3,(H2,16,17,18). The SMILES string of the molecule is CCCc1ccccc1Nc1ccnc(NN)c1. The Morgan fingerprint density at radius 2 is 2.06 bits per heavy atom. The van der Waals surface area contributed by atoms with Gasteiger partial charge in [0.25, 0.3) is 0 Å². The van der Waals surface area contributed by atoms with Crippen molar-refractivity contribution in [1.82, 2.24) is 4.98 Å². The summed E-state index contributed by atoms with van der Waals surface area (Å²) < 4.78 is 0. The number of anilines is 3. The number of nitrogens with one attached hydrogen (secondary N) is 2. The lowest BCUT2D eigenvalue weighted by Crippen LogP contribution is -2.08. The molecule has 1 aromatic carbocycles. The third kappa shape index (κ3) is 2.99. The van der Waals surface area contributed by atoms with E-state index in [-0.39, 0.29) is 0 Å². The van der Waals surface area contributed by atoms with Crippen LogP contribution in [0.3, 0.4) is 0 Å². The predicted molar refractivity (Wildman–Crippen MR) is 75.8 cm³/mol. The van der Waals surface area contributed by atoms with Crippen LogP contribution in [0, 0.1) is 0 Å². The smallest absolute Gasteiger partial charge is 0.141 e. The average Bonchev–Trinajstić information content (AvgIpc) is 2.41. The van der Waals surface area contributed by atoms with E-state index < -0.39 is 0 Å². The highest BCUT2D eigenvalue weighted by atomic mass is 15.2. The summed E-state index contributed by atoms with van der Waals surface area (Å²) in [5.74, 6) is 6.00. The van der Waals surface area contributed by atoms with E-state index in [1.807, 2.05) is 18.2 Å². The van der Waals surface area contributed by atoms with Crippen molar-refractivity contribution in [3.05, 3.63) is 48.2 Å². The van der Waals surface area contributed by atoms with Gasteiger partial charge in [0, 0.05) is 23.6 Å². The Morgan fingerprint density at radius 1 is 1.22 bits per heavy atom. The number of aryl methyl sites for hydroxylation is 1. The monoisotopic (exact) mass is 242 g/mol. The number of para-hydroxylation sites is 1. The number of nitrogens with two attached hydrogens (primary N) is 1. The van der Waals surface area contributed by atoms with Crippen molar-refractivity contribution in [3.8, 4) is 0 Å². The van der Waals surface area contributed by atoms with Gasteiger partial charge in [0.15, 0.2) is 0 Å². The van der Waals surface area contributed by atoms with Crippen molar-refractivity contribution in [2.75, 3.05) is 10.7 Å². The molecule has 0 aliphatic rings. The molecule has 0 radical (unpaired) electrons. The minimum atomic E-state index is 0.646. The lowest BCUT2D eigenvalue weighted by Gasteiger charge is -2.12. The maximum Gasteiger partial charge on any atom is 0.141 e. The van der Waals surface area contributed by atoms with Crippen LogP contribution >= 0.6 is 0 Å². The zero-order chi connectivity index (χ0) is 12.8. The molecule has 1 aromatic heterocycles. The van der Waals surface area contributed by atoms with Crippen molar-refractivity contribution in [2.24, 2.45) is 5.84 Å². The van der Waals surface area contributed by atoms with Crippen LogP contribution in [0.15, 0.2) is 42.6 Å². The highest BCUT2D eigenvalue weighted by molar-refractivity contribution is 5.65. The van der Waals surface area contributed by atoms with E-state index in [1.54, 1.807) is 6.20 Å². The Bertz CT molecular complexity index is 511. The van der Waals surface area contributed by atoms with E-state index in [2.05, 4.69) is 40.8 Å². The first kappa shape index (κ1) is 12.4. The molecule has 2 rings (SSSR count). The summed E-state index contributed by atoms with van der Waals surface area (Å²) in [6.07, 6.45) is 3.92. The molecular formula is C14H18N4. The molecule has 94 valence electrons. The average molecular weight is 242 g/mol. The minimum absolute atomic E-state index is 0.646. The summed E-state index contributed by atoms with van der Waals surface area (Å²) in [4.78, 5) is 4.08. The fourth-order valence-corrected chi connectivity index (χ4v) is 1.87. The minimum Gasteiger partial charge on any atom is -0.355 e. The number of rotatable bonds is 5. The zero-order valence-corrected chi connectivity index (χ0v) is 10.5. The molecule has 0 bridgehead atoms. The third-order valence-electron chi connectivity index (χ3n) is 2.72. The number of pyridine rings is 1. The summed E-state index contributed by atoms with van der Waals surface area (Å²) in [6, 6.07) is 12.1. The summed E-state index contributed by atoms with van der Waals surface area (Å²) in [6.45, 7) is 2.18. The third-order valence-corrected chi connectivity index (χ3v) is 2.72. The molecule has 0 spiro atoms. The van der Waals surface area contributed by atoms with Crippen molar-refractivity contribution in [2.45, 2.75) is 19.8 Å². The molecule has 0 aliphatic carbocycles. The largest absolute Gasteiger partial charge is 0.355 e. The van der Waals surface area contributed by atoms with Crippen LogP contribution in [0.2, 0.25) is 0 Å². The molecule has 4 heteroatoms. The fraction of sp³-hybridized carbons (Fsp3) is 0.214. The van der Waals surface area contributed by atoms with Crippen LogP contribution in [0.5, 0.6) is 0 Å². The van der Waals surface area contributed by atoms with Crippen LogP contribution in [0.1, 0.15) is 18.9 Å². The van der Waals surface area contributed by atoms with Crippen molar-refractivity contribution >= 4 is 17.2 Å². The lowest BCUT2D eigenvalue weighted by atomic mass is 10.1. The van der Waals surface area contributed by atoms with Gasteiger partial charge >= 0.3 is 0 Å². The van der Waals surface area contributed by atoms with E-state index in [1.165, 1.54) is 5.56 Å².